The molecule has 0 aromatic heterocycles. The highest BCUT2D eigenvalue weighted by Gasteiger charge is 2.53. The van der Waals surface area contributed by atoms with Crippen LogP contribution in [-0.4, -0.2) is 193 Å². The van der Waals surface area contributed by atoms with Crippen molar-refractivity contribution in [3.05, 3.63) is 85.1 Å². The molecule has 89 heavy (non-hydrogen) atoms. The summed E-state index contributed by atoms with van der Waals surface area (Å²) < 4.78 is 34.2. The first-order valence-electron chi connectivity index (χ1n) is 34.3. The smallest absolute Gasteiger partial charge is 0.220 e. The molecule has 1 amide bonds. The molecule has 0 radical (unpaired) electrons. The van der Waals surface area contributed by atoms with Gasteiger partial charge in [-0.25, -0.2) is 0 Å². The van der Waals surface area contributed by atoms with Crippen LogP contribution in [0.2, 0.25) is 0 Å². The van der Waals surface area contributed by atoms with Gasteiger partial charge in [-0.1, -0.05) is 221 Å². The third-order valence-electron chi connectivity index (χ3n) is 16.6. The SMILES string of the molecule is CC/C=C\C/C=C\C/C=C\C/C=C\CCCCCCCCCCCCCCCCCCCCCCC(=O)NC(COC1OC(CO)C(OC2OC(CO)C(OC3OC(CO)C(O)C(O)C3O)C(O)C2O)C(O)C1O)C(O)/C=C/CC/C=C/CC/C=C/CCC. The number of hydrogen-bond donors (Lipinski definition) is 12. The van der Waals surface area contributed by atoms with Crippen LogP contribution in [0.5, 0.6) is 0 Å². The standard InChI is InChI=1S/C70H121NO18/c1-3-5-7-9-11-13-15-16-17-18-19-20-21-22-23-24-25-26-27-28-29-30-31-32-33-34-35-36-38-40-42-44-46-48-58(76)71-53(54(75)47-45-43-41-39-37-14-12-10-8-6-4-2)52-84-68-64(82)61(79)66(56(50-73)86-68)89-70-65(83)62(80)67(57(51-74)87-70)88-69-63(81)60(78)59(77)55(49-72)85-69/h5,7-8,10-11,13,16-17,19-20,37,39,45,47,53-57,59-70,72-75,77-83H,3-4,6,9,12,14-15,18,21-36,38,40-44,46,48-52H2,1-2H3,(H,71,76)/b7-5-,10-8+,13-11-,17-16-,20-19-,39-37+,47-45+. The third-order valence-corrected chi connectivity index (χ3v) is 16.6. The molecular weight excluding hydrogens is 1140 g/mol. The summed E-state index contributed by atoms with van der Waals surface area (Å²) >= 11 is 0. The van der Waals surface area contributed by atoms with E-state index in [4.69, 9.17) is 28.4 Å². The number of aliphatic hydroxyl groups is 11. The molecule has 0 aromatic rings. The Morgan fingerprint density at radius 2 is 0.787 bits per heavy atom. The minimum atomic E-state index is -1.98. The largest absolute Gasteiger partial charge is 0.394 e. The number of allylic oxidation sites excluding steroid dienone is 13. The van der Waals surface area contributed by atoms with Crippen LogP contribution in [0.25, 0.3) is 0 Å². The van der Waals surface area contributed by atoms with E-state index < -0.39 is 124 Å². The van der Waals surface area contributed by atoms with Crippen molar-refractivity contribution in [3.63, 3.8) is 0 Å². The molecule has 0 saturated carbocycles. The van der Waals surface area contributed by atoms with Gasteiger partial charge in [-0.15, -0.1) is 0 Å². The number of unbranched alkanes of at least 4 members (excludes halogenated alkanes) is 23. The van der Waals surface area contributed by atoms with Gasteiger partial charge in [0, 0.05) is 6.42 Å². The Hall–Kier alpha value is -3.03. The average molecular weight is 1260 g/mol. The highest BCUT2D eigenvalue weighted by molar-refractivity contribution is 5.76. The van der Waals surface area contributed by atoms with Crippen molar-refractivity contribution in [3.8, 4) is 0 Å². The van der Waals surface area contributed by atoms with E-state index in [2.05, 4.69) is 92.1 Å². The Morgan fingerprint density at radius 1 is 0.416 bits per heavy atom. The maximum atomic E-state index is 13.4. The zero-order chi connectivity index (χ0) is 64.7. The summed E-state index contributed by atoms with van der Waals surface area (Å²) in [4.78, 5) is 13.4. The zero-order valence-electron chi connectivity index (χ0n) is 54.1. The summed E-state index contributed by atoms with van der Waals surface area (Å²) in [6.45, 7) is 1.50. The molecule has 3 heterocycles. The Morgan fingerprint density at radius 3 is 1.25 bits per heavy atom. The van der Waals surface area contributed by atoms with Crippen molar-refractivity contribution in [1.82, 2.24) is 5.32 Å². The van der Waals surface area contributed by atoms with Gasteiger partial charge in [0.15, 0.2) is 18.9 Å². The van der Waals surface area contributed by atoms with Gasteiger partial charge >= 0.3 is 0 Å². The molecular formula is C70H121NO18. The van der Waals surface area contributed by atoms with Crippen LogP contribution in [-0.2, 0) is 33.2 Å². The van der Waals surface area contributed by atoms with Gasteiger partial charge in [-0.3, -0.25) is 4.79 Å². The molecule has 0 aliphatic carbocycles. The minimum Gasteiger partial charge on any atom is -0.394 e. The van der Waals surface area contributed by atoms with Gasteiger partial charge in [0.25, 0.3) is 0 Å². The molecule has 0 bridgehead atoms. The van der Waals surface area contributed by atoms with Crippen molar-refractivity contribution in [1.29, 1.82) is 0 Å². The van der Waals surface area contributed by atoms with Crippen LogP contribution in [0.1, 0.15) is 219 Å². The topological polar surface area (TPSA) is 307 Å². The maximum absolute atomic E-state index is 13.4. The molecule has 17 atom stereocenters. The van der Waals surface area contributed by atoms with Crippen molar-refractivity contribution >= 4 is 5.91 Å². The van der Waals surface area contributed by atoms with Gasteiger partial charge in [0.2, 0.25) is 5.91 Å². The first-order valence-corrected chi connectivity index (χ1v) is 34.3. The number of nitrogens with one attached hydrogen (secondary N) is 1. The van der Waals surface area contributed by atoms with E-state index in [1.165, 1.54) is 109 Å². The van der Waals surface area contributed by atoms with Crippen molar-refractivity contribution in [2.24, 2.45) is 0 Å². The Kier molecular flexibility index (Phi) is 46.3. The van der Waals surface area contributed by atoms with Crippen LogP contribution in [0, 0.1) is 0 Å². The summed E-state index contributed by atoms with van der Waals surface area (Å²) in [5, 5.41) is 120. The Balaban J connectivity index is 1.34. The second kappa shape index (κ2) is 51.4. The van der Waals surface area contributed by atoms with Crippen molar-refractivity contribution in [2.45, 2.75) is 324 Å². The molecule has 0 aromatic carbocycles. The minimum absolute atomic E-state index is 0.230. The lowest BCUT2D eigenvalue weighted by Gasteiger charge is -2.48. The fraction of sp³-hybridized carbons (Fsp3) is 0.786. The number of amides is 1. The summed E-state index contributed by atoms with van der Waals surface area (Å²) in [6.07, 6.45) is 38.9. The van der Waals surface area contributed by atoms with E-state index in [1.807, 2.05) is 6.08 Å². The number of hydrogen-bond acceptors (Lipinski definition) is 18. The zero-order valence-corrected chi connectivity index (χ0v) is 54.1. The number of carbonyl (C=O) groups is 1. The molecule has 19 heteroatoms. The highest BCUT2D eigenvalue weighted by Crippen LogP contribution is 2.33. The molecule has 3 rings (SSSR count). The Bertz CT molecular complexity index is 1940. The predicted molar refractivity (Wildman–Crippen MR) is 346 cm³/mol. The van der Waals surface area contributed by atoms with Gasteiger partial charge < -0.3 is 89.9 Å². The van der Waals surface area contributed by atoms with Gasteiger partial charge in [-0.05, 0) is 77.0 Å². The van der Waals surface area contributed by atoms with Crippen LogP contribution in [0.15, 0.2) is 85.1 Å². The van der Waals surface area contributed by atoms with Crippen LogP contribution < -0.4 is 5.32 Å². The molecule has 0 spiro atoms. The summed E-state index contributed by atoms with van der Waals surface area (Å²) in [6, 6.07) is -0.997. The molecule has 3 aliphatic heterocycles. The average Bonchev–Trinajstić information content (AvgIpc) is 1.33. The van der Waals surface area contributed by atoms with Gasteiger partial charge in [-0.2, -0.15) is 0 Å². The van der Waals surface area contributed by atoms with Crippen LogP contribution in [0.3, 0.4) is 0 Å². The Labute approximate surface area is 533 Å². The third kappa shape index (κ3) is 33.6. The molecule has 3 saturated heterocycles. The van der Waals surface area contributed by atoms with E-state index in [1.54, 1.807) is 6.08 Å². The first kappa shape index (κ1) is 80.2. The van der Waals surface area contributed by atoms with Gasteiger partial charge in [0.05, 0.1) is 38.6 Å². The summed E-state index contributed by atoms with van der Waals surface area (Å²) in [5.74, 6) is -0.292. The van der Waals surface area contributed by atoms with E-state index in [9.17, 15) is 61.0 Å². The second-order valence-electron chi connectivity index (χ2n) is 24.2. The molecule has 17 unspecified atom stereocenters. The molecule has 3 fully saturated rings. The molecule has 12 N–H and O–H groups in total. The van der Waals surface area contributed by atoms with E-state index >= 15 is 0 Å². The van der Waals surface area contributed by atoms with Crippen molar-refractivity contribution < 1.29 is 89.4 Å². The van der Waals surface area contributed by atoms with E-state index in [0.717, 1.165) is 77.0 Å². The van der Waals surface area contributed by atoms with Crippen LogP contribution in [0.4, 0.5) is 0 Å². The molecule has 19 nitrogen and oxygen atoms in total. The number of aliphatic hydroxyl groups excluding tert-OH is 11. The summed E-state index contributed by atoms with van der Waals surface area (Å²) in [5.41, 5.74) is 0. The monoisotopic (exact) mass is 1260 g/mol. The first-order chi connectivity index (χ1) is 43.3. The summed E-state index contributed by atoms with van der Waals surface area (Å²) in [7, 11) is 0. The van der Waals surface area contributed by atoms with E-state index in [-0.39, 0.29) is 18.9 Å². The van der Waals surface area contributed by atoms with Gasteiger partial charge in [0.1, 0.15) is 73.2 Å². The number of ether oxygens (including phenoxy) is 6. The lowest BCUT2D eigenvalue weighted by molar-refractivity contribution is -0.379. The van der Waals surface area contributed by atoms with E-state index in [0.29, 0.717) is 12.8 Å². The number of rotatable bonds is 51. The second-order valence-corrected chi connectivity index (χ2v) is 24.2. The van der Waals surface area contributed by atoms with Crippen LogP contribution >= 0.6 is 0 Å². The highest BCUT2D eigenvalue weighted by atomic mass is 16.8. The quantitative estimate of drug-likeness (QED) is 0.0200. The lowest BCUT2D eigenvalue weighted by Crippen LogP contribution is -2.66. The number of carbonyl (C=O) groups excluding carboxylic acids is 1. The fourth-order valence-corrected chi connectivity index (χ4v) is 11.1. The predicted octanol–water partition coefficient (Wildman–Crippen LogP) is 8.71. The fourth-order valence-electron chi connectivity index (χ4n) is 11.1. The molecule has 3 aliphatic rings. The van der Waals surface area contributed by atoms with Crippen molar-refractivity contribution in [2.75, 3.05) is 26.4 Å². The molecule has 514 valence electrons. The lowest BCUT2D eigenvalue weighted by atomic mass is 9.96. The maximum Gasteiger partial charge on any atom is 0.220 e. The normalized spacial score (nSPS) is 28.8.